The summed E-state index contributed by atoms with van der Waals surface area (Å²) in [4.78, 5) is 16.6. The minimum absolute atomic E-state index is 0.449. The number of rotatable bonds is 15. The molecule has 0 unspecified atom stereocenters. The molecule has 0 fully saturated rings. The standard InChI is InChI=1S/C31H34N2O3S/c1-2-3-4-5-6-7-8-9-21-35-28-15-10-25(11-16-28)14-19-30(34)36-29-17-12-26(13-18-29)24-33-31-27(23-32)20-22-37-31/h10-20,22,24H,2-9,21H2,1H3/b19-14+,33-24+. The number of nitriles is 1. The van der Waals surface area contributed by atoms with Crippen LogP contribution in [0.2, 0.25) is 0 Å². The average Bonchev–Trinajstić information content (AvgIpc) is 3.39. The van der Waals surface area contributed by atoms with E-state index >= 15 is 0 Å². The lowest BCUT2D eigenvalue weighted by Gasteiger charge is -2.06. The number of hydrogen-bond donors (Lipinski definition) is 0. The third kappa shape index (κ3) is 10.4. The minimum atomic E-state index is -0.450. The molecule has 0 N–H and O–H groups in total. The summed E-state index contributed by atoms with van der Waals surface area (Å²) in [5.41, 5.74) is 2.30. The molecule has 3 aromatic rings. The Hall–Kier alpha value is -3.69. The van der Waals surface area contributed by atoms with Gasteiger partial charge in [0, 0.05) is 12.3 Å². The van der Waals surface area contributed by atoms with Gasteiger partial charge in [0.05, 0.1) is 12.2 Å². The van der Waals surface area contributed by atoms with E-state index in [9.17, 15) is 4.79 Å². The molecule has 0 atom stereocenters. The first kappa shape index (κ1) is 27.9. The largest absolute Gasteiger partial charge is 0.494 e. The van der Waals surface area contributed by atoms with E-state index in [4.69, 9.17) is 14.7 Å². The molecule has 0 aliphatic heterocycles. The number of hydrogen-bond acceptors (Lipinski definition) is 6. The van der Waals surface area contributed by atoms with E-state index in [1.54, 1.807) is 30.5 Å². The zero-order valence-corrected chi connectivity index (χ0v) is 22.2. The zero-order valence-electron chi connectivity index (χ0n) is 21.4. The van der Waals surface area contributed by atoms with Crippen molar-refractivity contribution in [2.24, 2.45) is 4.99 Å². The van der Waals surface area contributed by atoms with Gasteiger partial charge in [-0.2, -0.15) is 5.26 Å². The van der Waals surface area contributed by atoms with Crippen LogP contribution in [0.15, 0.2) is 71.0 Å². The van der Waals surface area contributed by atoms with Crippen LogP contribution in [0.4, 0.5) is 5.00 Å². The van der Waals surface area contributed by atoms with Crippen molar-refractivity contribution in [1.82, 2.24) is 0 Å². The van der Waals surface area contributed by atoms with E-state index in [-0.39, 0.29) is 0 Å². The van der Waals surface area contributed by atoms with Crippen molar-refractivity contribution < 1.29 is 14.3 Å². The summed E-state index contributed by atoms with van der Waals surface area (Å²) in [6.45, 7) is 2.98. The lowest BCUT2D eigenvalue weighted by atomic mass is 10.1. The first-order valence-corrected chi connectivity index (χ1v) is 13.8. The zero-order chi connectivity index (χ0) is 26.1. The summed E-state index contributed by atoms with van der Waals surface area (Å²) in [7, 11) is 0. The maximum absolute atomic E-state index is 12.2. The number of carbonyl (C=O) groups excluding carboxylic acids is 1. The number of nitrogens with zero attached hydrogens (tertiary/aromatic N) is 2. The Balaban J connectivity index is 1.36. The van der Waals surface area contributed by atoms with Crippen LogP contribution in [-0.2, 0) is 4.79 Å². The van der Waals surface area contributed by atoms with Gasteiger partial charge in [-0.25, -0.2) is 9.79 Å². The van der Waals surface area contributed by atoms with Crippen molar-refractivity contribution in [3.63, 3.8) is 0 Å². The highest BCUT2D eigenvalue weighted by Crippen LogP contribution is 2.25. The third-order valence-corrected chi connectivity index (χ3v) is 6.57. The molecule has 0 radical (unpaired) electrons. The Kier molecular flexibility index (Phi) is 12.2. The molecule has 3 rings (SSSR count). The maximum atomic E-state index is 12.2. The molecule has 0 saturated carbocycles. The van der Waals surface area contributed by atoms with Crippen LogP contribution >= 0.6 is 11.3 Å². The van der Waals surface area contributed by atoms with Gasteiger partial charge in [-0.3, -0.25) is 0 Å². The summed E-state index contributed by atoms with van der Waals surface area (Å²) in [5.74, 6) is 0.841. The van der Waals surface area contributed by atoms with E-state index < -0.39 is 5.97 Å². The molecule has 1 heterocycles. The van der Waals surface area contributed by atoms with Gasteiger partial charge in [-0.1, -0.05) is 64.0 Å². The molecular formula is C31H34N2O3S. The van der Waals surface area contributed by atoms with Crippen LogP contribution < -0.4 is 9.47 Å². The van der Waals surface area contributed by atoms with Crippen molar-refractivity contribution in [3.8, 4) is 17.6 Å². The SMILES string of the molecule is CCCCCCCCCCOc1ccc(/C=C/C(=O)Oc2ccc(/C=N/c3sccc3C#N)cc2)cc1. The predicted molar refractivity (Wildman–Crippen MR) is 152 cm³/mol. The van der Waals surface area contributed by atoms with Gasteiger partial charge in [-0.15, -0.1) is 11.3 Å². The minimum Gasteiger partial charge on any atom is -0.494 e. The van der Waals surface area contributed by atoms with E-state index in [1.807, 2.05) is 41.8 Å². The highest BCUT2D eigenvalue weighted by Gasteiger charge is 2.03. The van der Waals surface area contributed by atoms with Gasteiger partial charge in [0.1, 0.15) is 22.6 Å². The maximum Gasteiger partial charge on any atom is 0.336 e. The topological polar surface area (TPSA) is 71.7 Å². The molecule has 1 aromatic heterocycles. The summed E-state index contributed by atoms with van der Waals surface area (Å²) < 4.78 is 11.2. The van der Waals surface area contributed by atoms with Crippen molar-refractivity contribution in [3.05, 3.63) is 82.7 Å². The monoisotopic (exact) mass is 514 g/mol. The quantitative estimate of drug-likeness (QED) is 0.0670. The molecule has 192 valence electrons. The molecule has 2 aromatic carbocycles. The normalized spacial score (nSPS) is 11.1. The van der Waals surface area contributed by atoms with Crippen molar-refractivity contribution >= 4 is 34.6 Å². The highest BCUT2D eigenvalue weighted by atomic mass is 32.1. The molecule has 37 heavy (non-hydrogen) atoms. The van der Waals surface area contributed by atoms with Crippen LogP contribution in [0.3, 0.4) is 0 Å². The predicted octanol–water partition coefficient (Wildman–Crippen LogP) is 8.51. The van der Waals surface area contributed by atoms with Gasteiger partial charge in [0.2, 0.25) is 0 Å². The number of esters is 1. The Bertz CT molecular complexity index is 1190. The number of unbranched alkanes of at least 4 members (excludes halogenated alkanes) is 7. The first-order chi connectivity index (χ1) is 18.2. The van der Waals surface area contributed by atoms with Gasteiger partial charge >= 0.3 is 5.97 Å². The molecule has 0 bridgehead atoms. The van der Waals surface area contributed by atoms with Crippen molar-refractivity contribution in [2.45, 2.75) is 58.3 Å². The van der Waals surface area contributed by atoms with E-state index in [0.29, 0.717) is 16.3 Å². The fourth-order valence-corrected chi connectivity index (χ4v) is 4.34. The van der Waals surface area contributed by atoms with Gasteiger partial charge < -0.3 is 9.47 Å². The summed E-state index contributed by atoms with van der Waals surface area (Å²) in [5, 5.41) is 11.6. The van der Waals surface area contributed by atoms with Crippen LogP contribution in [0.1, 0.15) is 75.0 Å². The molecule has 0 aliphatic rings. The molecule has 5 nitrogen and oxygen atoms in total. The van der Waals surface area contributed by atoms with Gasteiger partial charge in [0.15, 0.2) is 0 Å². The molecular weight excluding hydrogens is 480 g/mol. The number of carbonyl (C=O) groups is 1. The van der Waals surface area contributed by atoms with E-state index in [1.165, 1.54) is 62.4 Å². The second kappa shape index (κ2) is 16.1. The van der Waals surface area contributed by atoms with Crippen LogP contribution in [0, 0.1) is 11.3 Å². The summed E-state index contributed by atoms with van der Waals surface area (Å²) >= 11 is 1.41. The van der Waals surface area contributed by atoms with E-state index in [2.05, 4.69) is 18.0 Å². The summed E-state index contributed by atoms with van der Waals surface area (Å²) in [6, 6.07) is 18.6. The third-order valence-electron chi connectivity index (χ3n) is 5.75. The summed E-state index contributed by atoms with van der Waals surface area (Å²) in [6.07, 6.45) is 15.1. The number of aliphatic imine (C=N–C) groups is 1. The fourth-order valence-electron chi connectivity index (χ4n) is 3.66. The number of benzene rings is 2. The first-order valence-electron chi connectivity index (χ1n) is 12.9. The highest BCUT2D eigenvalue weighted by molar-refractivity contribution is 7.14. The number of thiophene rings is 1. The Morgan fingerprint density at radius 2 is 1.54 bits per heavy atom. The lowest BCUT2D eigenvalue weighted by Crippen LogP contribution is -2.03. The molecule has 6 heteroatoms. The van der Waals surface area contributed by atoms with Crippen molar-refractivity contribution in [2.75, 3.05) is 6.61 Å². The van der Waals surface area contributed by atoms with Crippen LogP contribution in [0.25, 0.3) is 6.08 Å². The molecule has 0 saturated heterocycles. The smallest absolute Gasteiger partial charge is 0.336 e. The molecule has 0 amide bonds. The van der Waals surface area contributed by atoms with Crippen LogP contribution in [0.5, 0.6) is 11.5 Å². The second-order valence-corrected chi connectivity index (χ2v) is 9.62. The second-order valence-electron chi connectivity index (χ2n) is 8.73. The Morgan fingerprint density at radius 3 is 2.24 bits per heavy atom. The Morgan fingerprint density at radius 1 is 0.892 bits per heavy atom. The van der Waals surface area contributed by atoms with Gasteiger partial charge in [-0.05, 0) is 71.5 Å². The molecule has 0 spiro atoms. The van der Waals surface area contributed by atoms with Crippen LogP contribution in [-0.4, -0.2) is 18.8 Å². The van der Waals surface area contributed by atoms with E-state index in [0.717, 1.165) is 29.9 Å². The average molecular weight is 515 g/mol. The lowest BCUT2D eigenvalue weighted by molar-refractivity contribution is -0.128. The fraction of sp³-hybridized carbons (Fsp3) is 0.323. The number of ether oxygens (including phenoxy) is 2. The Labute approximate surface area is 224 Å². The molecule has 0 aliphatic carbocycles. The van der Waals surface area contributed by atoms with Crippen molar-refractivity contribution in [1.29, 1.82) is 5.26 Å². The van der Waals surface area contributed by atoms with Gasteiger partial charge in [0.25, 0.3) is 0 Å².